The van der Waals surface area contributed by atoms with Crippen molar-refractivity contribution in [1.29, 1.82) is 0 Å². The Balaban J connectivity index is 2.60. The number of carbonyl (C=O) groups is 2. The first-order valence-electron chi connectivity index (χ1n) is 7.86. The summed E-state index contributed by atoms with van der Waals surface area (Å²) in [5.74, 6) is 0.305. The molecular weight excluding hydrogens is 294 g/mol. The van der Waals surface area contributed by atoms with Crippen LogP contribution >= 0.6 is 0 Å². The minimum Gasteiger partial charge on any atom is -0.492 e. The summed E-state index contributed by atoms with van der Waals surface area (Å²) in [6.07, 6.45) is 0.829. The fraction of sp³-hybridized carbons (Fsp3) is 0.529. The van der Waals surface area contributed by atoms with Gasteiger partial charge < -0.3 is 19.9 Å². The van der Waals surface area contributed by atoms with Crippen LogP contribution in [0.4, 0.5) is 5.69 Å². The summed E-state index contributed by atoms with van der Waals surface area (Å²) in [5, 5.41) is 2.81. The summed E-state index contributed by atoms with van der Waals surface area (Å²) in [6, 6.07) is 7.27. The van der Waals surface area contributed by atoms with Gasteiger partial charge in [0, 0.05) is 13.5 Å². The molecule has 0 heterocycles. The van der Waals surface area contributed by atoms with Gasteiger partial charge in [-0.3, -0.25) is 9.59 Å². The van der Waals surface area contributed by atoms with Gasteiger partial charge in [0.15, 0.2) is 0 Å². The third kappa shape index (κ3) is 7.15. The van der Waals surface area contributed by atoms with Gasteiger partial charge in [0.25, 0.3) is 0 Å². The molecule has 0 aromatic heterocycles. The summed E-state index contributed by atoms with van der Waals surface area (Å²) in [6.45, 7) is 5.38. The first kappa shape index (κ1) is 19.0. The molecule has 0 saturated carbocycles. The smallest absolute Gasteiger partial charge is 0.244 e. The molecule has 0 saturated heterocycles. The predicted molar refractivity (Wildman–Crippen MR) is 91.7 cm³/mol. The summed E-state index contributed by atoms with van der Waals surface area (Å²) in [4.78, 5) is 27.5. The Morgan fingerprint density at radius 2 is 1.87 bits per heavy atom. The van der Waals surface area contributed by atoms with Gasteiger partial charge >= 0.3 is 0 Å². The number of nitrogens with zero attached hydrogens (tertiary/aromatic N) is 2. The van der Waals surface area contributed by atoms with Gasteiger partial charge in [-0.2, -0.15) is 0 Å². The molecule has 0 aliphatic heterocycles. The monoisotopic (exact) mass is 321 g/mol. The molecule has 128 valence electrons. The Kier molecular flexibility index (Phi) is 8.11. The SMILES string of the molecule is CCOc1ccccc1NC(=O)CN(CCCN(C)C)C(C)=O. The number of nitrogens with one attached hydrogen (secondary N) is 1. The van der Waals surface area contributed by atoms with Gasteiger partial charge in [-0.25, -0.2) is 0 Å². The Hall–Kier alpha value is -2.08. The van der Waals surface area contributed by atoms with E-state index in [1.807, 2.05) is 33.2 Å². The maximum Gasteiger partial charge on any atom is 0.244 e. The van der Waals surface area contributed by atoms with Crippen LogP contribution in [-0.2, 0) is 9.59 Å². The normalized spacial score (nSPS) is 10.5. The van der Waals surface area contributed by atoms with E-state index in [-0.39, 0.29) is 18.4 Å². The van der Waals surface area contributed by atoms with Gasteiger partial charge in [0.2, 0.25) is 11.8 Å². The molecule has 0 aliphatic rings. The van der Waals surface area contributed by atoms with E-state index in [0.717, 1.165) is 13.0 Å². The molecule has 1 rings (SSSR count). The highest BCUT2D eigenvalue weighted by Crippen LogP contribution is 2.23. The molecule has 0 spiro atoms. The standard InChI is InChI=1S/C17H27N3O3/c1-5-23-16-10-7-6-9-15(16)18-17(22)13-20(14(2)21)12-8-11-19(3)4/h6-7,9-10H,5,8,11-13H2,1-4H3,(H,18,22). The van der Waals surface area contributed by atoms with Crippen molar-refractivity contribution in [1.82, 2.24) is 9.80 Å². The Bertz CT molecular complexity index is 518. The molecule has 1 aromatic rings. The lowest BCUT2D eigenvalue weighted by atomic mass is 10.3. The van der Waals surface area contributed by atoms with E-state index in [0.29, 0.717) is 24.6 Å². The van der Waals surface area contributed by atoms with Crippen molar-refractivity contribution in [2.45, 2.75) is 20.3 Å². The van der Waals surface area contributed by atoms with Gasteiger partial charge in [0.1, 0.15) is 5.75 Å². The number of anilines is 1. The number of hydrogen-bond donors (Lipinski definition) is 1. The van der Waals surface area contributed by atoms with Gasteiger partial charge in [0.05, 0.1) is 18.8 Å². The molecule has 0 atom stereocenters. The lowest BCUT2D eigenvalue weighted by molar-refractivity contribution is -0.132. The van der Waals surface area contributed by atoms with E-state index in [4.69, 9.17) is 4.74 Å². The lowest BCUT2D eigenvalue weighted by Gasteiger charge is -2.22. The third-order valence-corrected chi connectivity index (χ3v) is 3.27. The minimum atomic E-state index is -0.225. The molecule has 0 unspecified atom stereocenters. The maximum atomic E-state index is 12.2. The highest BCUT2D eigenvalue weighted by molar-refractivity contribution is 5.95. The zero-order valence-corrected chi connectivity index (χ0v) is 14.5. The molecule has 6 heteroatoms. The van der Waals surface area contributed by atoms with E-state index >= 15 is 0 Å². The highest BCUT2D eigenvalue weighted by atomic mass is 16.5. The van der Waals surface area contributed by atoms with Crippen molar-refractivity contribution in [2.75, 3.05) is 45.7 Å². The zero-order chi connectivity index (χ0) is 17.2. The topological polar surface area (TPSA) is 61.9 Å². The Morgan fingerprint density at radius 1 is 1.17 bits per heavy atom. The van der Waals surface area contributed by atoms with Crippen LogP contribution in [0.25, 0.3) is 0 Å². The number of benzene rings is 1. The molecule has 23 heavy (non-hydrogen) atoms. The summed E-state index contributed by atoms with van der Waals surface area (Å²) >= 11 is 0. The van der Waals surface area contributed by atoms with Gasteiger partial charge in [-0.15, -0.1) is 0 Å². The van der Waals surface area contributed by atoms with Crippen LogP contribution in [0.1, 0.15) is 20.3 Å². The molecule has 6 nitrogen and oxygen atoms in total. The fourth-order valence-electron chi connectivity index (χ4n) is 2.14. The Morgan fingerprint density at radius 3 is 2.48 bits per heavy atom. The van der Waals surface area contributed by atoms with Crippen LogP contribution < -0.4 is 10.1 Å². The van der Waals surface area contributed by atoms with Gasteiger partial charge in [-0.05, 0) is 46.1 Å². The molecule has 0 radical (unpaired) electrons. The fourth-order valence-corrected chi connectivity index (χ4v) is 2.14. The average Bonchev–Trinajstić information content (AvgIpc) is 2.48. The number of para-hydroxylation sites is 2. The van der Waals surface area contributed by atoms with E-state index in [9.17, 15) is 9.59 Å². The largest absolute Gasteiger partial charge is 0.492 e. The number of carbonyl (C=O) groups excluding carboxylic acids is 2. The van der Waals surface area contributed by atoms with Crippen molar-refractivity contribution in [3.05, 3.63) is 24.3 Å². The van der Waals surface area contributed by atoms with Crippen molar-refractivity contribution in [2.24, 2.45) is 0 Å². The highest BCUT2D eigenvalue weighted by Gasteiger charge is 2.14. The number of ether oxygens (including phenoxy) is 1. The number of hydrogen-bond acceptors (Lipinski definition) is 4. The van der Waals surface area contributed by atoms with Crippen molar-refractivity contribution < 1.29 is 14.3 Å². The molecule has 2 amide bonds. The first-order chi connectivity index (χ1) is 10.9. The van der Waals surface area contributed by atoms with Crippen molar-refractivity contribution >= 4 is 17.5 Å². The van der Waals surface area contributed by atoms with Gasteiger partial charge in [-0.1, -0.05) is 12.1 Å². The van der Waals surface area contributed by atoms with Crippen LogP contribution in [0.2, 0.25) is 0 Å². The first-order valence-corrected chi connectivity index (χ1v) is 7.86. The third-order valence-electron chi connectivity index (χ3n) is 3.27. The maximum absolute atomic E-state index is 12.2. The molecular formula is C17H27N3O3. The minimum absolute atomic E-state index is 0.0449. The molecule has 1 N–H and O–H groups in total. The number of rotatable bonds is 9. The molecule has 0 aliphatic carbocycles. The molecule has 0 bridgehead atoms. The summed E-state index contributed by atoms with van der Waals surface area (Å²) in [7, 11) is 3.96. The second-order valence-electron chi connectivity index (χ2n) is 5.57. The van der Waals surface area contributed by atoms with E-state index in [1.54, 1.807) is 17.0 Å². The lowest BCUT2D eigenvalue weighted by Crippen LogP contribution is -2.38. The van der Waals surface area contributed by atoms with E-state index < -0.39 is 0 Å². The van der Waals surface area contributed by atoms with E-state index in [1.165, 1.54) is 6.92 Å². The molecule has 0 fully saturated rings. The van der Waals surface area contributed by atoms with Crippen LogP contribution in [0, 0.1) is 0 Å². The summed E-state index contributed by atoms with van der Waals surface area (Å²) < 4.78 is 5.48. The average molecular weight is 321 g/mol. The van der Waals surface area contributed by atoms with Crippen LogP contribution in [0.15, 0.2) is 24.3 Å². The summed E-state index contributed by atoms with van der Waals surface area (Å²) in [5.41, 5.74) is 0.621. The van der Waals surface area contributed by atoms with Crippen molar-refractivity contribution in [3.8, 4) is 5.75 Å². The van der Waals surface area contributed by atoms with Crippen molar-refractivity contribution in [3.63, 3.8) is 0 Å². The van der Waals surface area contributed by atoms with E-state index in [2.05, 4.69) is 10.2 Å². The molecule has 1 aromatic carbocycles. The predicted octanol–water partition coefficient (Wildman–Crippen LogP) is 1.82. The van der Waals surface area contributed by atoms with Crippen LogP contribution in [0.3, 0.4) is 0 Å². The second-order valence-corrected chi connectivity index (χ2v) is 5.57. The van der Waals surface area contributed by atoms with Crippen LogP contribution in [-0.4, -0.2) is 62.0 Å². The zero-order valence-electron chi connectivity index (χ0n) is 14.5. The Labute approximate surface area is 138 Å². The van der Waals surface area contributed by atoms with Crippen LogP contribution in [0.5, 0.6) is 5.75 Å². The number of amides is 2. The second kappa shape index (κ2) is 9.84. The quantitative estimate of drug-likeness (QED) is 0.754.